The van der Waals surface area contributed by atoms with Crippen LogP contribution in [-0.2, 0) is 0 Å². The van der Waals surface area contributed by atoms with Gasteiger partial charge in [-0.05, 0) is 37.9 Å². The molecule has 0 amide bonds. The van der Waals surface area contributed by atoms with Crippen LogP contribution in [0.25, 0.3) is 0 Å². The maximum atomic E-state index is 9.82. The number of phenols is 1. The van der Waals surface area contributed by atoms with Crippen LogP contribution in [0.5, 0.6) is 11.5 Å². The van der Waals surface area contributed by atoms with Crippen molar-refractivity contribution in [2.45, 2.75) is 39.7 Å². The summed E-state index contributed by atoms with van der Waals surface area (Å²) in [6.07, 6.45) is 0.000280. The number of aromatic hydroxyl groups is 1. The molecule has 1 aromatic rings. The van der Waals surface area contributed by atoms with Gasteiger partial charge in [0.15, 0.2) is 11.5 Å². The molecule has 1 atom stereocenters. The van der Waals surface area contributed by atoms with Crippen LogP contribution in [0, 0.1) is 5.92 Å². The first-order valence-electron chi connectivity index (χ1n) is 6.26. The van der Waals surface area contributed by atoms with E-state index in [9.17, 15) is 5.11 Å². The normalized spacial score (nSPS) is 13.1. The number of rotatable bonds is 5. The lowest BCUT2D eigenvalue weighted by molar-refractivity contribution is 0.231. The van der Waals surface area contributed by atoms with Crippen LogP contribution in [0.2, 0.25) is 5.02 Å². The van der Waals surface area contributed by atoms with Gasteiger partial charge in [-0.1, -0.05) is 25.4 Å². The van der Waals surface area contributed by atoms with E-state index in [4.69, 9.17) is 22.1 Å². The van der Waals surface area contributed by atoms with Crippen molar-refractivity contribution in [1.29, 1.82) is 0 Å². The van der Waals surface area contributed by atoms with E-state index in [0.717, 1.165) is 5.56 Å². The van der Waals surface area contributed by atoms with Crippen LogP contribution < -0.4 is 10.5 Å². The van der Waals surface area contributed by atoms with Gasteiger partial charge in [0.1, 0.15) is 0 Å². The minimum absolute atomic E-state index is 0.000280. The highest BCUT2D eigenvalue weighted by molar-refractivity contribution is 6.31. The van der Waals surface area contributed by atoms with Gasteiger partial charge in [-0.2, -0.15) is 0 Å². The van der Waals surface area contributed by atoms with Gasteiger partial charge in [0.2, 0.25) is 0 Å². The van der Waals surface area contributed by atoms with Crippen molar-refractivity contribution >= 4 is 11.6 Å². The maximum Gasteiger partial charge on any atom is 0.161 e. The monoisotopic (exact) mass is 271 g/mol. The smallest absolute Gasteiger partial charge is 0.161 e. The van der Waals surface area contributed by atoms with E-state index in [1.165, 1.54) is 6.07 Å². The Hall–Kier alpha value is -0.930. The van der Waals surface area contributed by atoms with E-state index < -0.39 is 0 Å². The van der Waals surface area contributed by atoms with Gasteiger partial charge in [-0.3, -0.25) is 0 Å². The third-order valence-corrected chi connectivity index (χ3v) is 3.23. The first-order chi connectivity index (χ1) is 8.36. The predicted octanol–water partition coefficient (Wildman–Crippen LogP) is 3.53. The zero-order valence-corrected chi connectivity index (χ0v) is 12.2. The van der Waals surface area contributed by atoms with Crippen molar-refractivity contribution < 1.29 is 9.84 Å². The second kappa shape index (κ2) is 6.30. The van der Waals surface area contributed by atoms with Gasteiger partial charge in [-0.25, -0.2) is 0 Å². The molecule has 4 heteroatoms. The van der Waals surface area contributed by atoms with Crippen molar-refractivity contribution in [3.8, 4) is 11.5 Å². The molecule has 0 aromatic heterocycles. The Morgan fingerprint density at radius 3 is 2.33 bits per heavy atom. The lowest BCUT2D eigenvalue weighted by Gasteiger charge is -2.22. The molecule has 0 bridgehead atoms. The van der Waals surface area contributed by atoms with E-state index in [2.05, 4.69) is 13.8 Å². The molecule has 102 valence electrons. The van der Waals surface area contributed by atoms with Crippen LogP contribution >= 0.6 is 11.6 Å². The van der Waals surface area contributed by atoms with E-state index in [0.29, 0.717) is 23.2 Å². The van der Waals surface area contributed by atoms with Crippen LogP contribution in [-0.4, -0.2) is 17.8 Å². The van der Waals surface area contributed by atoms with E-state index in [1.54, 1.807) is 6.07 Å². The van der Waals surface area contributed by atoms with Gasteiger partial charge in [-0.15, -0.1) is 0 Å². The molecule has 0 fully saturated rings. The highest BCUT2D eigenvalue weighted by Crippen LogP contribution is 2.38. The van der Waals surface area contributed by atoms with Gasteiger partial charge in [0.05, 0.1) is 6.10 Å². The average Bonchev–Trinajstić information content (AvgIpc) is 2.24. The zero-order chi connectivity index (χ0) is 13.9. The molecule has 0 spiro atoms. The number of halogens is 1. The minimum atomic E-state index is 0.000280. The molecule has 0 aliphatic rings. The number of benzene rings is 1. The molecule has 0 aliphatic heterocycles. The maximum absolute atomic E-state index is 9.82. The molecule has 0 saturated heterocycles. The van der Waals surface area contributed by atoms with Crippen LogP contribution in [0.1, 0.15) is 39.2 Å². The van der Waals surface area contributed by atoms with Crippen LogP contribution in [0.15, 0.2) is 12.1 Å². The summed E-state index contributed by atoms with van der Waals surface area (Å²) < 4.78 is 5.57. The molecule has 3 nitrogen and oxygen atoms in total. The Bertz CT molecular complexity index is 405. The molecule has 0 radical (unpaired) electrons. The Balaban J connectivity index is 3.19. The summed E-state index contributed by atoms with van der Waals surface area (Å²) in [7, 11) is 0. The van der Waals surface area contributed by atoms with Gasteiger partial charge < -0.3 is 15.6 Å². The molecular formula is C14H22ClNO2. The Morgan fingerprint density at radius 1 is 1.28 bits per heavy atom. The topological polar surface area (TPSA) is 55.5 Å². The van der Waals surface area contributed by atoms with Crippen molar-refractivity contribution in [3.63, 3.8) is 0 Å². The summed E-state index contributed by atoms with van der Waals surface area (Å²) in [5.41, 5.74) is 6.74. The van der Waals surface area contributed by atoms with E-state index in [-0.39, 0.29) is 17.8 Å². The summed E-state index contributed by atoms with van der Waals surface area (Å²) in [6, 6.07) is 3.33. The molecule has 18 heavy (non-hydrogen) atoms. The lowest BCUT2D eigenvalue weighted by atomic mass is 9.88. The van der Waals surface area contributed by atoms with Crippen molar-refractivity contribution in [3.05, 3.63) is 22.7 Å². The highest BCUT2D eigenvalue weighted by atomic mass is 35.5. The van der Waals surface area contributed by atoms with Gasteiger partial charge in [0, 0.05) is 17.0 Å². The third-order valence-electron chi connectivity index (χ3n) is 2.90. The average molecular weight is 272 g/mol. The molecule has 1 aromatic carbocycles. The lowest BCUT2D eigenvalue weighted by Crippen LogP contribution is -2.18. The van der Waals surface area contributed by atoms with Gasteiger partial charge in [0.25, 0.3) is 0 Å². The van der Waals surface area contributed by atoms with Crippen LogP contribution in [0.3, 0.4) is 0 Å². The van der Waals surface area contributed by atoms with Crippen LogP contribution in [0.4, 0.5) is 0 Å². The van der Waals surface area contributed by atoms with Crippen molar-refractivity contribution in [2.24, 2.45) is 11.7 Å². The summed E-state index contributed by atoms with van der Waals surface area (Å²) in [6.45, 7) is 8.55. The standard InChI is InChI=1S/C14H22ClNO2/c1-8(2)11(7-16)10-5-14(18-9(3)4)13(17)6-12(10)15/h5-6,8-9,11,17H,7,16H2,1-4H3. The summed E-state index contributed by atoms with van der Waals surface area (Å²) in [4.78, 5) is 0. The number of nitrogens with two attached hydrogens (primary N) is 1. The number of phenolic OH excluding ortho intramolecular Hbond substituents is 1. The Labute approximate surface area is 114 Å². The molecule has 1 unspecified atom stereocenters. The Morgan fingerprint density at radius 2 is 1.89 bits per heavy atom. The second-order valence-corrected chi connectivity index (χ2v) is 5.50. The summed E-state index contributed by atoms with van der Waals surface area (Å²) >= 11 is 6.18. The number of hydrogen-bond donors (Lipinski definition) is 2. The van der Waals surface area contributed by atoms with E-state index >= 15 is 0 Å². The molecule has 0 aliphatic carbocycles. The van der Waals surface area contributed by atoms with Crippen molar-refractivity contribution in [2.75, 3.05) is 6.54 Å². The quantitative estimate of drug-likeness (QED) is 0.861. The highest BCUT2D eigenvalue weighted by Gasteiger charge is 2.20. The molecule has 1 rings (SSSR count). The van der Waals surface area contributed by atoms with Gasteiger partial charge >= 0.3 is 0 Å². The first kappa shape index (κ1) is 15.1. The minimum Gasteiger partial charge on any atom is -0.504 e. The summed E-state index contributed by atoms with van der Waals surface area (Å²) in [5.74, 6) is 1.07. The predicted molar refractivity (Wildman–Crippen MR) is 75.5 cm³/mol. The fraction of sp³-hybridized carbons (Fsp3) is 0.571. The first-order valence-corrected chi connectivity index (χ1v) is 6.63. The Kier molecular flexibility index (Phi) is 5.29. The zero-order valence-electron chi connectivity index (χ0n) is 11.4. The number of ether oxygens (including phenoxy) is 1. The largest absolute Gasteiger partial charge is 0.504 e. The SMILES string of the molecule is CC(C)Oc1cc(C(CN)C(C)C)c(Cl)cc1O. The number of hydrogen-bond acceptors (Lipinski definition) is 3. The fourth-order valence-electron chi connectivity index (χ4n) is 1.95. The molecule has 3 N–H and O–H groups in total. The fourth-order valence-corrected chi connectivity index (χ4v) is 2.25. The van der Waals surface area contributed by atoms with Crippen molar-refractivity contribution in [1.82, 2.24) is 0 Å². The second-order valence-electron chi connectivity index (χ2n) is 5.09. The molecular weight excluding hydrogens is 250 g/mol. The third kappa shape index (κ3) is 3.53. The van der Waals surface area contributed by atoms with E-state index in [1.807, 2.05) is 13.8 Å². The molecule has 0 heterocycles. The molecule has 0 saturated carbocycles. The summed E-state index contributed by atoms with van der Waals surface area (Å²) in [5, 5.41) is 10.4.